The highest BCUT2D eigenvalue weighted by Gasteiger charge is 2.49. The number of carbonyl (C=O) groups is 1. The van der Waals surface area contributed by atoms with Crippen LogP contribution in [0.3, 0.4) is 0 Å². The molecule has 0 radical (unpaired) electrons. The van der Waals surface area contributed by atoms with Gasteiger partial charge in [0.25, 0.3) is 0 Å². The molecule has 0 unspecified atom stereocenters. The van der Waals surface area contributed by atoms with Crippen LogP contribution in [0.25, 0.3) is 0 Å². The van der Waals surface area contributed by atoms with Gasteiger partial charge in [-0.2, -0.15) is 0 Å². The standard InChI is InChI=1S/C16H16F2O3S/c1-9(4-10-5-13(18)14(22)7-12(10)17)16-3-2-11(19)6-15(16)20-8-21-16/h5-7,9,22H,2-4,8H2,1H3/t9-,16+/m0/s1. The maximum absolute atomic E-state index is 14.0. The molecule has 0 bridgehead atoms. The van der Waals surface area contributed by atoms with Gasteiger partial charge in [0.05, 0.1) is 0 Å². The number of ether oxygens (including phenoxy) is 2. The molecule has 2 atom stereocenters. The number of rotatable bonds is 3. The second-order valence-electron chi connectivity index (χ2n) is 5.77. The molecular formula is C16H16F2O3S. The van der Waals surface area contributed by atoms with Gasteiger partial charge in [-0.15, -0.1) is 12.6 Å². The van der Waals surface area contributed by atoms with E-state index in [1.165, 1.54) is 6.08 Å². The van der Waals surface area contributed by atoms with Gasteiger partial charge in [0, 0.05) is 17.4 Å². The quantitative estimate of drug-likeness (QED) is 0.865. The Morgan fingerprint density at radius 2 is 2.14 bits per heavy atom. The number of hydrogen-bond donors (Lipinski definition) is 1. The minimum atomic E-state index is -0.726. The lowest BCUT2D eigenvalue weighted by Gasteiger charge is -2.35. The number of ketones is 1. The number of hydrogen-bond acceptors (Lipinski definition) is 4. The number of allylic oxidation sites excluding steroid dienone is 1. The first kappa shape index (κ1) is 15.5. The first-order chi connectivity index (χ1) is 10.4. The molecule has 1 heterocycles. The smallest absolute Gasteiger partial charge is 0.189 e. The molecule has 0 amide bonds. The summed E-state index contributed by atoms with van der Waals surface area (Å²) in [5.74, 6) is -0.703. The Morgan fingerprint density at radius 1 is 1.36 bits per heavy atom. The Hall–Kier alpha value is -1.40. The maximum Gasteiger partial charge on any atom is 0.189 e. The molecule has 1 aliphatic carbocycles. The van der Waals surface area contributed by atoms with E-state index in [0.29, 0.717) is 18.6 Å². The van der Waals surface area contributed by atoms with Gasteiger partial charge in [-0.1, -0.05) is 6.92 Å². The monoisotopic (exact) mass is 326 g/mol. The minimum absolute atomic E-state index is 0.0000215. The summed E-state index contributed by atoms with van der Waals surface area (Å²) in [6, 6.07) is 2.24. The summed E-state index contributed by atoms with van der Waals surface area (Å²) in [6.45, 7) is 1.97. The maximum atomic E-state index is 14.0. The van der Waals surface area contributed by atoms with E-state index in [4.69, 9.17) is 9.47 Å². The molecule has 118 valence electrons. The van der Waals surface area contributed by atoms with Gasteiger partial charge in [-0.05, 0) is 36.5 Å². The van der Waals surface area contributed by atoms with Gasteiger partial charge in [0.15, 0.2) is 12.6 Å². The van der Waals surface area contributed by atoms with Crippen LogP contribution >= 0.6 is 12.6 Å². The van der Waals surface area contributed by atoms with Gasteiger partial charge in [-0.25, -0.2) is 8.78 Å². The molecule has 3 nitrogen and oxygen atoms in total. The second kappa shape index (κ2) is 5.66. The van der Waals surface area contributed by atoms with Crippen molar-refractivity contribution in [3.05, 3.63) is 41.2 Å². The van der Waals surface area contributed by atoms with Crippen LogP contribution in [0, 0.1) is 17.6 Å². The van der Waals surface area contributed by atoms with Crippen LogP contribution in [0.2, 0.25) is 0 Å². The fourth-order valence-electron chi connectivity index (χ4n) is 3.14. The third-order valence-electron chi connectivity index (χ3n) is 4.42. The number of thiol groups is 1. The molecule has 1 fully saturated rings. The molecule has 1 aliphatic heterocycles. The van der Waals surface area contributed by atoms with Gasteiger partial charge >= 0.3 is 0 Å². The molecule has 2 aliphatic rings. The minimum Gasteiger partial charge on any atom is -0.469 e. The highest BCUT2D eigenvalue weighted by Crippen LogP contribution is 2.44. The van der Waals surface area contributed by atoms with Crippen LogP contribution in [-0.4, -0.2) is 18.2 Å². The van der Waals surface area contributed by atoms with Crippen molar-refractivity contribution in [2.45, 2.75) is 36.7 Å². The van der Waals surface area contributed by atoms with E-state index in [1.807, 2.05) is 6.92 Å². The van der Waals surface area contributed by atoms with Crippen LogP contribution in [0.5, 0.6) is 0 Å². The SMILES string of the molecule is C[C@@H](Cc1cc(F)c(S)cc1F)[C@]12CCC(=O)C=C1OCO2. The van der Waals surface area contributed by atoms with E-state index >= 15 is 0 Å². The van der Waals surface area contributed by atoms with Crippen molar-refractivity contribution in [2.24, 2.45) is 5.92 Å². The van der Waals surface area contributed by atoms with Crippen molar-refractivity contribution < 1.29 is 23.0 Å². The zero-order valence-corrected chi connectivity index (χ0v) is 13.0. The fraction of sp³-hybridized carbons (Fsp3) is 0.438. The topological polar surface area (TPSA) is 35.5 Å². The van der Waals surface area contributed by atoms with Gasteiger partial charge < -0.3 is 9.47 Å². The van der Waals surface area contributed by atoms with Crippen molar-refractivity contribution >= 4 is 18.4 Å². The highest BCUT2D eigenvalue weighted by molar-refractivity contribution is 7.80. The summed E-state index contributed by atoms with van der Waals surface area (Å²) in [5.41, 5.74) is -0.458. The summed E-state index contributed by atoms with van der Waals surface area (Å²) in [4.78, 5) is 11.5. The Bertz CT molecular complexity index is 659. The molecular weight excluding hydrogens is 310 g/mol. The van der Waals surface area contributed by atoms with E-state index in [9.17, 15) is 13.6 Å². The molecule has 0 aromatic heterocycles. The largest absolute Gasteiger partial charge is 0.469 e. The van der Waals surface area contributed by atoms with Gasteiger partial charge in [-0.3, -0.25) is 4.79 Å². The molecule has 0 N–H and O–H groups in total. The van der Waals surface area contributed by atoms with Crippen molar-refractivity contribution in [1.29, 1.82) is 0 Å². The molecule has 0 spiro atoms. The van der Waals surface area contributed by atoms with Crippen LogP contribution in [-0.2, 0) is 20.7 Å². The average molecular weight is 326 g/mol. The molecule has 22 heavy (non-hydrogen) atoms. The predicted molar refractivity (Wildman–Crippen MR) is 78.6 cm³/mol. The van der Waals surface area contributed by atoms with Crippen molar-refractivity contribution in [2.75, 3.05) is 6.79 Å². The Morgan fingerprint density at radius 3 is 2.91 bits per heavy atom. The lowest BCUT2D eigenvalue weighted by molar-refractivity contribution is -0.117. The lowest BCUT2D eigenvalue weighted by Crippen LogP contribution is -2.41. The summed E-state index contributed by atoms with van der Waals surface area (Å²) in [6.07, 6.45) is 2.60. The summed E-state index contributed by atoms with van der Waals surface area (Å²) >= 11 is 3.87. The number of benzene rings is 1. The molecule has 3 rings (SSSR count). The van der Waals surface area contributed by atoms with Crippen molar-refractivity contribution in [3.8, 4) is 0 Å². The van der Waals surface area contributed by atoms with Crippen LogP contribution < -0.4 is 0 Å². The average Bonchev–Trinajstić information content (AvgIpc) is 2.88. The Labute approximate surface area is 132 Å². The number of halogens is 2. The Kier molecular flexibility index (Phi) is 3.99. The molecule has 0 saturated carbocycles. The molecule has 6 heteroatoms. The van der Waals surface area contributed by atoms with Crippen LogP contribution in [0.1, 0.15) is 25.3 Å². The zero-order valence-electron chi connectivity index (χ0n) is 12.1. The van der Waals surface area contributed by atoms with Crippen molar-refractivity contribution in [3.63, 3.8) is 0 Å². The predicted octanol–water partition coefficient (Wildman–Crippen LogP) is 3.42. The lowest BCUT2D eigenvalue weighted by atomic mass is 9.76. The summed E-state index contributed by atoms with van der Waals surface area (Å²) < 4.78 is 38.8. The highest BCUT2D eigenvalue weighted by atomic mass is 32.1. The van der Waals surface area contributed by atoms with E-state index in [2.05, 4.69) is 12.6 Å². The van der Waals surface area contributed by atoms with Crippen LogP contribution in [0.4, 0.5) is 8.78 Å². The molecule has 1 saturated heterocycles. The molecule has 1 aromatic rings. The van der Waals surface area contributed by atoms with E-state index in [0.717, 1.165) is 12.1 Å². The third-order valence-corrected chi connectivity index (χ3v) is 4.76. The normalized spacial score (nSPS) is 25.5. The van der Waals surface area contributed by atoms with E-state index < -0.39 is 17.2 Å². The second-order valence-corrected chi connectivity index (χ2v) is 6.25. The Balaban J connectivity index is 1.88. The first-order valence-corrected chi connectivity index (χ1v) is 7.56. The third kappa shape index (κ3) is 2.54. The summed E-state index contributed by atoms with van der Waals surface area (Å²) in [5, 5.41) is 0. The first-order valence-electron chi connectivity index (χ1n) is 7.11. The van der Waals surface area contributed by atoms with E-state index in [-0.39, 0.29) is 35.4 Å². The molecule has 1 aromatic carbocycles. The number of carbonyl (C=O) groups excluding carboxylic acids is 1. The zero-order chi connectivity index (χ0) is 15.9. The van der Waals surface area contributed by atoms with E-state index in [1.54, 1.807) is 0 Å². The van der Waals surface area contributed by atoms with Gasteiger partial charge in [0.1, 0.15) is 23.0 Å². The summed E-state index contributed by atoms with van der Waals surface area (Å²) in [7, 11) is 0. The van der Waals surface area contributed by atoms with Crippen molar-refractivity contribution in [1.82, 2.24) is 0 Å². The van der Waals surface area contributed by atoms with Gasteiger partial charge in [0.2, 0.25) is 0 Å². The number of fused-ring (bicyclic) bond motifs is 1. The fourth-order valence-corrected chi connectivity index (χ4v) is 3.32. The van der Waals surface area contributed by atoms with Crippen LogP contribution in [0.15, 0.2) is 28.9 Å².